The van der Waals surface area contributed by atoms with Crippen molar-refractivity contribution in [3.63, 3.8) is 0 Å². The number of nitrogens with zero attached hydrogens (tertiary/aromatic N) is 3. The number of methoxy groups -OCH3 is 1. The summed E-state index contributed by atoms with van der Waals surface area (Å²) < 4.78 is 10.8. The largest absolute Gasteiger partial charge is 0.370 e. The van der Waals surface area contributed by atoms with Gasteiger partial charge in [-0.3, -0.25) is 0 Å². The second-order valence-electron chi connectivity index (χ2n) is 4.64. The fourth-order valence-electron chi connectivity index (χ4n) is 2.18. The molecule has 1 aliphatic carbocycles. The monoisotopic (exact) mass is 280 g/mol. The molecule has 1 fully saturated rings. The lowest BCUT2D eigenvalue weighted by Crippen LogP contribution is -2.37. The van der Waals surface area contributed by atoms with Gasteiger partial charge >= 0.3 is 0 Å². The van der Waals surface area contributed by atoms with Crippen molar-refractivity contribution in [2.45, 2.75) is 31.3 Å². The van der Waals surface area contributed by atoms with E-state index in [1.165, 1.54) is 0 Å². The molecule has 2 heterocycles. The third kappa shape index (κ3) is 2.18. The number of hydrogen-bond donors (Lipinski definition) is 1. The molecule has 19 heavy (non-hydrogen) atoms. The maximum atomic E-state index is 5.53. The lowest BCUT2D eigenvalue weighted by atomic mass is 9.79. The Morgan fingerprint density at radius 3 is 2.95 bits per heavy atom. The van der Waals surface area contributed by atoms with Gasteiger partial charge in [-0.25, -0.2) is 4.98 Å². The Balaban J connectivity index is 1.84. The minimum atomic E-state index is -0.349. The van der Waals surface area contributed by atoms with E-state index >= 15 is 0 Å². The number of ether oxygens (including phenoxy) is 1. The lowest BCUT2D eigenvalue weighted by molar-refractivity contribution is -0.0858. The summed E-state index contributed by atoms with van der Waals surface area (Å²) in [5.74, 6) is 1.09. The predicted octanol–water partition coefficient (Wildman–Crippen LogP) is 1.72. The molecule has 3 rings (SSSR count). The molecule has 0 radical (unpaired) electrons. The van der Waals surface area contributed by atoms with Gasteiger partial charge < -0.3 is 15.0 Å². The van der Waals surface area contributed by atoms with E-state index in [1.54, 1.807) is 18.4 Å². The first kappa shape index (κ1) is 12.7. The summed E-state index contributed by atoms with van der Waals surface area (Å²) in [6.45, 7) is 0.592. The molecule has 102 valence electrons. The van der Waals surface area contributed by atoms with Crippen molar-refractivity contribution >= 4 is 11.3 Å². The van der Waals surface area contributed by atoms with E-state index < -0.39 is 0 Å². The standard InChI is InChI=1S/C12H16N4O2S/c1-17-12(4-2-5-12)11-15-10(18-16-11)8-7-19-9(14-8)3-6-13/h7H,2-6,13H2,1H3. The third-order valence-corrected chi connectivity index (χ3v) is 4.42. The summed E-state index contributed by atoms with van der Waals surface area (Å²) in [5, 5.41) is 6.95. The molecule has 0 bridgehead atoms. The van der Waals surface area contributed by atoms with E-state index in [-0.39, 0.29) is 5.60 Å². The van der Waals surface area contributed by atoms with Crippen LogP contribution in [0, 0.1) is 0 Å². The van der Waals surface area contributed by atoms with Crippen LogP contribution in [-0.4, -0.2) is 28.8 Å². The normalized spacial score (nSPS) is 17.4. The smallest absolute Gasteiger partial charge is 0.277 e. The molecule has 1 saturated carbocycles. The Morgan fingerprint density at radius 2 is 2.32 bits per heavy atom. The number of aromatic nitrogens is 3. The molecule has 2 N–H and O–H groups in total. The predicted molar refractivity (Wildman–Crippen MR) is 70.7 cm³/mol. The average Bonchev–Trinajstić information content (AvgIpc) is 2.98. The summed E-state index contributed by atoms with van der Waals surface area (Å²) in [6.07, 6.45) is 3.79. The van der Waals surface area contributed by atoms with Gasteiger partial charge in [0.2, 0.25) is 5.82 Å². The van der Waals surface area contributed by atoms with Crippen LogP contribution in [0.5, 0.6) is 0 Å². The van der Waals surface area contributed by atoms with Crippen LogP contribution >= 0.6 is 11.3 Å². The van der Waals surface area contributed by atoms with Crippen molar-refractivity contribution in [2.24, 2.45) is 5.73 Å². The van der Waals surface area contributed by atoms with Gasteiger partial charge in [0.05, 0.1) is 5.01 Å². The van der Waals surface area contributed by atoms with Crippen molar-refractivity contribution < 1.29 is 9.26 Å². The number of thiazole rings is 1. The van der Waals surface area contributed by atoms with E-state index in [0.717, 1.165) is 36.4 Å². The molecule has 1 aliphatic rings. The highest BCUT2D eigenvalue weighted by atomic mass is 32.1. The van der Waals surface area contributed by atoms with Gasteiger partial charge in [-0.2, -0.15) is 4.98 Å². The molecule has 6 nitrogen and oxygen atoms in total. The molecular weight excluding hydrogens is 264 g/mol. The van der Waals surface area contributed by atoms with Crippen molar-refractivity contribution in [3.05, 3.63) is 16.2 Å². The number of hydrogen-bond acceptors (Lipinski definition) is 7. The van der Waals surface area contributed by atoms with Crippen LogP contribution in [0.25, 0.3) is 11.6 Å². The van der Waals surface area contributed by atoms with Crippen molar-refractivity contribution in [1.82, 2.24) is 15.1 Å². The molecule has 0 spiro atoms. The van der Waals surface area contributed by atoms with E-state index in [0.29, 0.717) is 18.3 Å². The fraction of sp³-hybridized carbons (Fsp3) is 0.583. The van der Waals surface area contributed by atoms with Gasteiger partial charge in [-0.15, -0.1) is 11.3 Å². The zero-order valence-electron chi connectivity index (χ0n) is 10.8. The molecule has 0 saturated heterocycles. The summed E-state index contributed by atoms with van der Waals surface area (Å²) in [4.78, 5) is 8.87. The van der Waals surface area contributed by atoms with Crippen molar-refractivity contribution in [3.8, 4) is 11.6 Å². The molecule has 0 amide bonds. The van der Waals surface area contributed by atoms with E-state index in [2.05, 4.69) is 15.1 Å². The Labute approximate surface area is 115 Å². The maximum absolute atomic E-state index is 5.53. The summed E-state index contributed by atoms with van der Waals surface area (Å²) >= 11 is 1.56. The van der Waals surface area contributed by atoms with Crippen LogP contribution in [0.15, 0.2) is 9.90 Å². The Kier molecular flexibility index (Phi) is 3.34. The van der Waals surface area contributed by atoms with Gasteiger partial charge in [-0.1, -0.05) is 5.16 Å². The van der Waals surface area contributed by atoms with Crippen LogP contribution < -0.4 is 5.73 Å². The van der Waals surface area contributed by atoms with Gasteiger partial charge in [0.25, 0.3) is 5.89 Å². The van der Waals surface area contributed by atoms with Gasteiger partial charge in [0, 0.05) is 18.9 Å². The van der Waals surface area contributed by atoms with Crippen LogP contribution in [-0.2, 0) is 16.8 Å². The van der Waals surface area contributed by atoms with E-state index in [4.69, 9.17) is 15.0 Å². The Hall–Kier alpha value is -1.31. The maximum Gasteiger partial charge on any atom is 0.277 e. The average molecular weight is 280 g/mol. The summed E-state index contributed by atoms with van der Waals surface area (Å²) in [7, 11) is 1.69. The highest BCUT2D eigenvalue weighted by Gasteiger charge is 2.43. The molecule has 0 unspecified atom stereocenters. The third-order valence-electron chi connectivity index (χ3n) is 3.51. The second-order valence-corrected chi connectivity index (χ2v) is 5.58. The van der Waals surface area contributed by atoms with Crippen LogP contribution in [0.2, 0.25) is 0 Å². The van der Waals surface area contributed by atoms with Gasteiger partial charge in [-0.05, 0) is 25.8 Å². The van der Waals surface area contributed by atoms with E-state index in [9.17, 15) is 0 Å². The molecule has 7 heteroatoms. The zero-order chi connectivity index (χ0) is 13.3. The minimum absolute atomic E-state index is 0.349. The fourth-order valence-corrected chi connectivity index (χ4v) is 2.96. The van der Waals surface area contributed by atoms with Gasteiger partial charge in [0.15, 0.2) is 0 Å². The Bertz CT molecular complexity index is 556. The highest BCUT2D eigenvalue weighted by Crippen LogP contribution is 2.43. The SMILES string of the molecule is COC1(c2noc(-c3csc(CCN)n3)n2)CCC1. The zero-order valence-corrected chi connectivity index (χ0v) is 11.6. The number of nitrogens with two attached hydrogens (primary N) is 1. The first-order chi connectivity index (χ1) is 9.27. The molecule has 0 aromatic carbocycles. The van der Waals surface area contributed by atoms with Crippen LogP contribution in [0.1, 0.15) is 30.1 Å². The van der Waals surface area contributed by atoms with Crippen molar-refractivity contribution in [2.75, 3.05) is 13.7 Å². The topological polar surface area (TPSA) is 87.1 Å². The molecule has 2 aromatic heterocycles. The Morgan fingerprint density at radius 1 is 1.47 bits per heavy atom. The molecular formula is C12H16N4O2S. The van der Waals surface area contributed by atoms with Gasteiger partial charge in [0.1, 0.15) is 11.3 Å². The molecule has 0 atom stereocenters. The summed E-state index contributed by atoms with van der Waals surface area (Å²) in [5.41, 5.74) is 5.88. The van der Waals surface area contributed by atoms with Crippen LogP contribution in [0.4, 0.5) is 0 Å². The van der Waals surface area contributed by atoms with Crippen molar-refractivity contribution in [1.29, 1.82) is 0 Å². The highest BCUT2D eigenvalue weighted by molar-refractivity contribution is 7.09. The quantitative estimate of drug-likeness (QED) is 0.897. The van der Waals surface area contributed by atoms with E-state index in [1.807, 2.05) is 5.38 Å². The van der Waals surface area contributed by atoms with Crippen LogP contribution in [0.3, 0.4) is 0 Å². The first-order valence-electron chi connectivity index (χ1n) is 6.31. The second kappa shape index (κ2) is 4.99. The lowest BCUT2D eigenvalue weighted by Gasteiger charge is -2.37. The molecule has 2 aromatic rings. The number of rotatable bonds is 5. The molecule has 0 aliphatic heterocycles. The summed E-state index contributed by atoms with van der Waals surface area (Å²) in [6, 6.07) is 0. The first-order valence-corrected chi connectivity index (χ1v) is 7.19. The minimum Gasteiger partial charge on any atom is -0.370 e.